The van der Waals surface area contributed by atoms with Crippen molar-refractivity contribution in [1.82, 2.24) is 9.66 Å². The van der Waals surface area contributed by atoms with E-state index in [0.29, 0.717) is 6.54 Å². The number of thiazole rings is 1. The predicted octanol–water partition coefficient (Wildman–Crippen LogP) is 3.82. The minimum atomic E-state index is 0.680. The third kappa shape index (κ3) is 4.09. The van der Waals surface area contributed by atoms with Crippen molar-refractivity contribution < 1.29 is 9.47 Å². The summed E-state index contributed by atoms with van der Waals surface area (Å²) in [5.41, 5.74) is 3.68. The van der Waals surface area contributed by atoms with Gasteiger partial charge in [0.05, 0.1) is 25.6 Å². The third-order valence-corrected chi connectivity index (χ3v) is 4.86. The van der Waals surface area contributed by atoms with Gasteiger partial charge in [0, 0.05) is 35.4 Å². The number of nitrogens with zero attached hydrogens (tertiary/aromatic N) is 4. The van der Waals surface area contributed by atoms with Gasteiger partial charge in [-0.05, 0) is 44.2 Å². The molecule has 2 aromatic heterocycles. The van der Waals surface area contributed by atoms with E-state index in [1.807, 2.05) is 54.2 Å². The number of hydrogen-bond donors (Lipinski definition) is 0. The highest BCUT2D eigenvalue weighted by Crippen LogP contribution is 2.33. The van der Waals surface area contributed by atoms with E-state index in [-0.39, 0.29) is 0 Å². The molecule has 27 heavy (non-hydrogen) atoms. The van der Waals surface area contributed by atoms with Crippen LogP contribution in [0.5, 0.6) is 11.5 Å². The van der Waals surface area contributed by atoms with E-state index >= 15 is 0 Å². The fraction of sp³-hybridized carbons (Fsp3) is 0.250. The molecule has 0 aliphatic carbocycles. The average Bonchev–Trinajstić information content (AvgIpc) is 3.10. The Morgan fingerprint density at radius 1 is 1.15 bits per heavy atom. The van der Waals surface area contributed by atoms with Crippen LogP contribution in [0.3, 0.4) is 0 Å². The third-order valence-electron chi connectivity index (χ3n) is 4.01. The number of aromatic nitrogens is 2. The monoisotopic (exact) mass is 382 g/mol. The van der Waals surface area contributed by atoms with E-state index in [1.165, 1.54) is 0 Å². The van der Waals surface area contributed by atoms with E-state index in [0.717, 1.165) is 38.8 Å². The standard InChI is InChI=1S/C20H22N4O2S/c1-5-22-20-24(23-14(2)15-8-10-21-11-9-15)18(13-27-20)17-12-16(25-3)6-7-19(17)26-4/h6-13H,5H2,1-4H3. The summed E-state index contributed by atoms with van der Waals surface area (Å²) in [5, 5.41) is 6.88. The van der Waals surface area contributed by atoms with Crippen molar-refractivity contribution >= 4 is 17.0 Å². The van der Waals surface area contributed by atoms with Crippen LogP contribution in [-0.2, 0) is 0 Å². The molecule has 1 aromatic carbocycles. The first-order chi connectivity index (χ1) is 13.2. The summed E-state index contributed by atoms with van der Waals surface area (Å²) in [7, 11) is 3.31. The lowest BCUT2D eigenvalue weighted by Gasteiger charge is -2.11. The van der Waals surface area contributed by atoms with Crippen LogP contribution in [0.25, 0.3) is 11.3 Å². The molecule has 7 heteroatoms. The fourth-order valence-electron chi connectivity index (χ4n) is 2.64. The maximum Gasteiger partial charge on any atom is 0.206 e. The van der Waals surface area contributed by atoms with E-state index in [2.05, 4.69) is 9.98 Å². The van der Waals surface area contributed by atoms with Gasteiger partial charge in [-0.3, -0.25) is 9.98 Å². The first kappa shape index (κ1) is 18.8. The molecular weight excluding hydrogens is 360 g/mol. The van der Waals surface area contributed by atoms with Crippen LogP contribution in [-0.4, -0.2) is 36.1 Å². The highest BCUT2D eigenvalue weighted by Gasteiger charge is 2.14. The molecule has 0 unspecified atom stereocenters. The fourth-order valence-corrected chi connectivity index (χ4v) is 3.53. The van der Waals surface area contributed by atoms with Gasteiger partial charge in [-0.15, -0.1) is 11.3 Å². The van der Waals surface area contributed by atoms with Crippen molar-refractivity contribution in [2.75, 3.05) is 20.8 Å². The van der Waals surface area contributed by atoms with E-state index in [4.69, 9.17) is 14.6 Å². The van der Waals surface area contributed by atoms with E-state index < -0.39 is 0 Å². The Morgan fingerprint density at radius 2 is 1.93 bits per heavy atom. The quantitative estimate of drug-likeness (QED) is 0.609. The molecule has 3 aromatic rings. The lowest BCUT2D eigenvalue weighted by molar-refractivity contribution is 0.404. The Balaban J connectivity index is 2.21. The Morgan fingerprint density at radius 3 is 2.59 bits per heavy atom. The first-order valence-electron chi connectivity index (χ1n) is 8.57. The maximum absolute atomic E-state index is 5.56. The smallest absolute Gasteiger partial charge is 0.206 e. The largest absolute Gasteiger partial charge is 0.497 e. The molecule has 2 heterocycles. The molecule has 0 spiro atoms. The lowest BCUT2D eigenvalue weighted by Crippen LogP contribution is -2.14. The predicted molar refractivity (Wildman–Crippen MR) is 109 cm³/mol. The number of benzene rings is 1. The van der Waals surface area contributed by atoms with Crippen LogP contribution in [0, 0.1) is 0 Å². The highest BCUT2D eigenvalue weighted by atomic mass is 32.1. The molecule has 0 aliphatic heterocycles. The Kier molecular flexibility index (Phi) is 6.03. The Labute approximate surface area is 162 Å². The number of rotatable bonds is 6. The summed E-state index contributed by atoms with van der Waals surface area (Å²) in [5.74, 6) is 1.51. The SMILES string of the molecule is CCN=c1scc(-c2cc(OC)ccc2OC)n1N=C(C)c1ccncc1. The van der Waals surface area contributed by atoms with E-state index in [9.17, 15) is 0 Å². The molecule has 3 rings (SSSR count). The minimum absolute atomic E-state index is 0.680. The Bertz CT molecular complexity index is 1010. The zero-order chi connectivity index (χ0) is 19.2. The normalized spacial score (nSPS) is 12.3. The minimum Gasteiger partial charge on any atom is -0.497 e. The summed E-state index contributed by atoms with van der Waals surface area (Å²) < 4.78 is 12.8. The molecule has 0 aliphatic rings. The molecule has 6 nitrogen and oxygen atoms in total. The van der Waals surface area contributed by atoms with Gasteiger partial charge in [-0.2, -0.15) is 5.10 Å². The average molecular weight is 382 g/mol. The van der Waals surface area contributed by atoms with Gasteiger partial charge in [0.1, 0.15) is 11.5 Å². The molecule has 0 N–H and O–H groups in total. The van der Waals surface area contributed by atoms with Crippen molar-refractivity contribution in [2.45, 2.75) is 13.8 Å². The van der Waals surface area contributed by atoms with Crippen molar-refractivity contribution in [2.24, 2.45) is 10.1 Å². The van der Waals surface area contributed by atoms with Gasteiger partial charge < -0.3 is 9.47 Å². The summed E-state index contributed by atoms with van der Waals surface area (Å²) >= 11 is 1.55. The summed E-state index contributed by atoms with van der Waals surface area (Å²) in [6, 6.07) is 9.60. The molecule has 0 saturated carbocycles. The second-order valence-corrected chi connectivity index (χ2v) is 6.51. The van der Waals surface area contributed by atoms with Crippen molar-refractivity contribution in [1.29, 1.82) is 0 Å². The van der Waals surface area contributed by atoms with E-state index in [1.54, 1.807) is 38.0 Å². The van der Waals surface area contributed by atoms with Crippen LogP contribution in [0.15, 0.2) is 58.2 Å². The number of pyridine rings is 1. The molecule has 140 valence electrons. The molecule has 0 radical (unpaired) electrons. The zero-order valence-corrected chi connectivity index (χ0v) is 16.7. The number of ether oxygens (including phenoxy) is 2. The van der Waals surface area contributed by atoms with Crippen LogP contribution < -0.4 is 14.3 Å². The van der Waals surface area contributed by atoms with Gasteiger partial charge in [-0.25, -0.2) is 4.68 Å². The zero-order valence-electron chi connectivity index (χ0n) is 15.8. The molecule has 0 amide bonds. The van der Waals surface area contributed by atoms with Gasteiger partial charge in [0.15, 0.2) is 0 Å². The van der Waals surface area contributed by atoms with Crippen molar-refractivity contribution in [3.8, 4) is 22.8 Å². The highest BCUT2D eigenvalue weighted by molar-refractivity contribution is 7.07. The number of hydrogen-bond acceptors (Lipinski definition) is 6. The molecule has 0 atom stereocenters. The lowest BCUT2D eigenvalue weighted by atomic mass is 10.1. The number of methoxy groups -OCH3 is 2. The van der Waals surface area contributed by atoms with Crippen LogP contribution >= 0.6 is 11.3 Å². The van der Waals surface area contributed by atoms with Crippen LogP contribution in [0.4, 0.5) is 0 Å². The molecule has 0 fully saturated rings. The van der Waals surface area contributed by atoms with Crippen molar-refractivity contribution in [3.05, 3.63) is 58.5 Å². The Hall–Kier alpha value is -2.93. The second-order valence-electron chi connectivity index (χ2n) is 5.68. The van der Waals surface area contributed by atoms with Gasteiger partial charge in [-0.1, -0.05) is 0 Å². The maximum atomic E-state index is 5.56. The molecule has 0 saturated heterocycles. The van der Waals surface area contributed by atoms with Crippen LogP contribution in [0.2, 0.25) is 0 Å². The topological polar surface area (TPSA) is 61.0 Å². The van der Waals surface area contributed by atoms with Gasteiger partial charge >= 0.3 is 0 Å². The van der Waals surface area contributed by atoms with Gasteiger partial charge in [0.25, 0.3) is 0 Å². The molecular formula is C20H22N4O2S. The van der Waals surface area contributed by atoms with Crippen molar-refractivity contribution in [3.63, 3.8) is 0 Å². The summed E-state index contributed by atoms with van der Waals surface area (Å²) in [4.78, 5) is 9.48. The van der Waals surface area contributed by atoms with Gasteiger partial charge in [0.2, 0.25) is 4.80 Å². The molecule has 0 bridgehead atoms. The summed E-state index contributed by atoms with van der Waals surface area (Å²) in [6.45, 7) is 4.66. The second kappa shape index (κ2) is 8.64. The first-order valence-corrected chi connectivity index (χ1v) is 9.45. The summed E-state index contributed by atoms with van der Waals surface area (Å²) in [6.07, 6.45) is 3.52. The van der Waals surface area contributed by atoms with Crippen LogP contribution in [0.1, 0.15) is 19.4 Å².